The zero-order valence-electron chi connectivity index (χ0n) is 6.22. The molecule has 0 atom stereocenters. The molecule has 1 aliphatic rings. The van der Waals surface area contributed by atoms with Crippen LogP contribution in [-0.2, 0) is 9.47 Å². The fraction of sp³-hybridized carbons (Fsp3) is 0.571. The highest BCUT2D eigenvalue weighted by Gasteiger charge is 2.13. The number of halogens is 1. The molecule has 1 rings (SSSR count). The molecule has 62 valence electrons. The average molecular weight is 177 g/mol. The molecule has 0 aromatic heterocycles. The molecule has 1 aliphatic heterocycles. The first-order chi connectivity index (χ1) is 5.20. The van der Waals surface area contributed by atoms with Crippen molar-refractivity contribution in [2.75, 3.05) is 6.61 Å². The molecule has 4 heteroatoms. The van der Waals surface area contributed by atoms with E-state index in [0.29, 0.717) is 18.1 Å². The smallest absolute Gasteiger partial charge is 0.408 e. The number of carbonyl (C=O) groups is 1. The van der Waals surface area contributed by atoms with E-state index in [9.17, 15) is 4.79 Å². The molecule has 0 spiro atoms. The van der Waals surface area contributed by atoms with Crippen molar-refractivity contribution in [1.29, 1.82) is 0 Å². The summed E-state index contributed by atoms with van der Waals surface area (Å²) < 4.78 is 9.82. The van der Waals surface area contributed by atoms with Crippen LogP contribution in [-0.4, -0.2) is 12.0 Å². The maximum Gasteiger partial charge on any atom is 0.408 e. The largest absolute Gasteiger partial charge is 0.495 e. The van der Waals surface area contributed by atoms with Gasteiger partial charge in [0.25, 0.3) is 0 Å². The first-order valence-electron chi connectivity index (χ1n) is 3.40. The number of ether oxygens (including phenoxy) is 2. The van der Waals surface area contributed by atoms with Crippen LogP contribution in [0.3, 0.4) is 0 Å². The van der Waals surface area contributed by atoms with Gasteiger partial charge < -0.3 is 9.47 Å². The Bertz CT molecular complexity index is 198. The molecule has 0 aromatic carbocycles. The van der Waals surface area contributed by atoms with Gasteiger partial charge >= 0.3 is 5.43 Å². The highest BCUT2D eigenvalue weighted by atomic mass is 35.5. The molecule has 0 fully saturated rings. The highest BCUT2D eigenvalue weighted by Crippen LogP contribution is 2.20. The van der Waals surface area contributed by atoms with Gasteiger partial charge in [0.1, 0.15) is 11.5 Å². The Morgan fingerprint density at radius 3 is 3.00 bits per heavy atom. The summed E-state index contributed by atoms with van der Waals surface area (Å²) in [5.74, 6) is 1.21. The minimum Gasteiger partial charge on any atom is -0.495 e. The summed E-state index contributed by atoms with van der Waals surface area (Å²) in [6.07, 6.45) is 1.60. The summed E-state index contributed by atoms with van der Waals surface area (Å²) in [7, 11) is 0. The van der Waals surface area contributed by atoms with Crippen molar-refractivity contribution in [3.63, 3.8) is 0 Å². The number of carbonyl (C=O) groups excluding carboxylic acids is 1. The van der Waals surface area contributed by atoms with Crippen LogP contribution in [0.15, 0.2) is 11.5 Å². The lowest BCUT2D eigenvalue weighted by Gasteiger charge is -2.16. The van der Waals surface area contributed by atoms with Gasteiger partial charge in [-0.25, -0.2) is 4.79 Å². The molecule has 1 heterocycles. The Kier molecular flexibility index (Phi) is 2.76. The Morgan fingerprint density at radius 1 is 1.73 bits per heavy atom. The molecular weight excluding hydrogens is 168 g/mol. The van der Waals surface area contributed by atoms with Crippen molar-refractivity contribution in [3.05, 3.63) is 11.5 Å². The molecule has 11 heavy (non-hydrogen) atoms. The highest BCUT2D eigenvalue weighted by molar-refractivity contribution is 6.61. The molecule has 0 aromatic rings. The maximum absolute atomic E-state index is 10.3. The van der Waals surface area contributed by atoms with E-state index < -0.39 is 5.43 Å². The van der Waals surface area contributed by atoms with Crippen LogP contribution in [0.25, 0.3) is 0 Å². The van der Waals surface area contributed by atoms with Crippen LogP contribution in [0, 0.1) is 0 Å². The van der Waals surface area contributed by atoms with Crippen molar-refractivity contribution in [2.45, 2.75) is 19.8 Å². The van der Waals surface area contributed by atoms with E-state index in [2.05, 4.69) is 4.74 Å². The SMILES string of the molecule is CC1=C(OC(=O)Cl)CCCO1. The fourth-order valence-corrected chi connectivity index (χ4v) is 1.03. The van der Waals surface area contributed by atoms with E-state index in [1.165, 1.54) is 0 Å². The monoisotopic (exact) mass is 176 g/mol. The lowest BCUT2D eigenvalue weighted by molar-refractivity contribution is 0.141. The molecular formula is C7H9ClO3. The minimum atomic E-state index is -0.801. The van der Waals surface area contributed by atoms with Crippen molar-refractivity contribution in [2.24, 2.45) is 0 Å². The fourth-order valence-electron chi connectivity index (χ4n) is 0.934. The third-order valence-electron chi connectivity index (χ3n) is 1.46. The van der Waals surface area contributed by atoms with Crippen molar-refractivity contribution >= 4 is 17.0 Å². The van der Waals surface area contributed by atoms with Gasteiger partial charge in [0.2, 0.25) is 0 Å². The molecule has 0 N–H and O–H groups in total. The number of rotatable bonds is 1. The Labute approximate surface area is 69.9 Å². The number of hydrogen-bond acceptors (Lipinski definition) is 3. The van der Waals surface area contributed by atoms with Crippen molar-refractivity contribution < 1.29 is 14.3 Å². The van der Waals surface area contributed by atoms with Crippen LogP contribution in [0.1, 0.15) is 19.8 Å². The average Bonchev–Trinajstić information content (AvgIpc) is 1.93. The van der Waals surface area contributed by atoms with Gasteiger partial charge in [-0.3, -0.25) is 0 Å². The van der Waals surface area contributed by atoms with Gasteiger partial charge in [-0.15, -0.1) is 0 Å². The van der Waals surface area contributed by atoms with Crippen LogP contribution in [0.2, 0.25) is 0 Å². The van der Waals surface area contributed by atoms with E-state index in [1.807, 2.05) is 0 Å². The molecule has 0 saturated carbocycles. The van der Waals surface area contributed by atoms with Gasteiger partial charge in [0, 0.05) is 18.0 Å². The van der Waals surface area contributed by atoms with Crippen LogP contribution >= 0.6 is 11.6 Å². The van der Waals surface area contributed by atoms with E-state index >= 15 is 0 Å². The lowest BCUT2D eigenvalue weighted by Crippen LogP contribution is -2.08. The topological polar surface area (TPSA) is 35.5 Å². The Hall–Kier alpha value is -0.700. The second-order valence-corrected chi connectivity index (χ2v) is 2.58. The zero-order valence-corrected chi connectivity index (χ0v) is 6.98. The predicted octanol–water partition coefficient (Wildman–Crippen LogP) is 2.40. The van der Waals surface area contributed by atoms with E-state index in [0.717, 1.165) is 12.8 Å². The summed E-state index contributed by atoms with van der Waals surface area (Å²) >= 11 is 5.03. The quantitative estimate of drug-likeness (QED) is 0.576. The van der Waals surface area contributed by atoms with Gasteiger partial charge in [0.15, 0.2) is 0 Å². The van der Waals surface area contributed by atoms with Gasteiger partial charge in [-0.1, -0.05) is 0 Å². The van der Waals surface area contributed by atoms with Gasteiger partial charge in [-0.05, 0) is 13.3 Å². The molecule has 0 unspecified atom stereocenters. The lowest BCUT2D eigenvalue weighted by atomic mass is 10.2. The molecule has 0 amide bonds. The maximum atomic E-state index is 10.3. The molecule has 0 saturated heterocycles. The van der Waals surface area contributed by atoms with Gasteiger partial charge in [-0.2, -0.15) is 0 Å². The molecule has 0 radical (unpaired) electrons. The molecule has 0 bridgehead atoms. The second-order valence-electron chi connectivity index (χ2n) is 2.27. The van der Waals surface area contributed by atoms with Crippen LogP contribution < -0.4 is 0 Å². The second kappa shape index (κ2) is 3.62. The molecule has 3 nitrogen and oxygen atoms in total. The Morgan fingerprint density at radius 2 is 2.45 bits per heavy atom. The van der Waals surface area contributed by atoms with Crippen LogP contribution in [0.5, 0.6) is 0 Å². The number of hydrogen-bond donors (Lipinski definition) is 0. The van der Waals surface area contributed by atoms with E-state index in [-0.39, 0.29) is 0 Å². The first kappa shape index (κ1) is 8.40. The summed E-state index contributed by atoms with van der Waals surface area (Å²) in [6, 6.07) is 0. The van der Waals surface area contributed by atoms with Crippen molar-refractivity contribution in [3.8, 4) is 0 Å². The van der Waals surface area contributed by atoms with Crippen LogP contribution in [0.4, 0.5) is 4.79 Å². The minimum absolute atomic E-state index is 0.552. The third-order valence-corrected chi connectivity index (χ3v) is 1.54. The summed E-state index contributed by atoms with van der Waals surface area (Å²) in [5, 5.41) is 0. The normalized spacial score (nSPS) is 17.6. The molecule has 0 aliphatic carbocycles. The van der Waals surface area contributed by atoms with E-state index in [1.54, 1.807) is 6.92 Å². The third kappa shape index (κ3) is 2.42. The Balaban J connectivity index is 2.59. The van der Waals surface area contributed by atoms with Gasteiger partial charge in [0.05, 0.1) is 6.61 Å². The summed E-state index contributed by atoms with van der Waals surface area (Å²) in [5.41, 5.74) is -0.801. The van der Waals surface area contributed by atoms with E-state index in [4.69, 9.17) is 16.3 Å². The summed E-state index contributed by atoms with van der Waals surface area (Å²) in [6.45, 7) is 2.45. The standard InChI is InChI=1S/C7H9ClO3/c1-5-6(11-7(8)9)3-2-4-10-5/h2-4H2,1H3. The summed E-state index contributed by atoms with van der Waals surface area (Å²) in [4.78, 5) is 10.3. The zero-order chi connectivity index (χ0) is 8.27. The first-order valence-corrected chi connectivity index (χ1v) is 3.78. The van der Waals surface area contributed by atoms with Crippen molar-refractivity contribution in [1.82, 2.24) is 0 Å². The number of allylic oxidation sites excluding steroid dienone is 2. The predicted molar refractivity (Wildman–Crippen MR) is 40.2 cm³/mol.